The molecule has 0 bridgehead atoms. The lowest BCUT2D eigenvalue weighted by Crippen LogP contribution is -2.21. The van der Waals surface area contributed by atoms with Crippen LogP contribution in [0, 0.1) is 0 Å². The van der Waals surface area contributed by atoms with Crippen LogP contribution >= 0.6 is 11.6 Å². The van der Waals surface area contributed by atoms with Crippen molar-refractivity contribution >= 4 is 11.6 Å². The van der Waals surface area contributed by atoms with Crippen molar-refractivity contribution in [1.82, 2.24) is 0 Å². The van der Waals surface area contributed by atoms with Crippen LogP contribution < -0.4 is 5.73 Å². The van der Waals surface area contributed by atoms with E-state index in [2.05, 4.69) is 53.7 Å². The average Bonchev–Trinajstić information content (AvgIpc) is 2.47. The molecule has 0 aliphatic rings. The summed E-state index contributed by atoms with van der Waals surface area (Å²) < 4.78 is 0. The van der Waals surface area contributed by atoms with E-state index < -0.39 is 0 Å². The molecule has 3 N–H and O–H groups in total. The number of hydrogen-bond acceptors (Lipinski definition) is 2. The predicted molar refractivity (Wildman–Crippen MR) is 108 cm³/mol. The highest BCUT2D eigenvalue weighted by Gasteiger charge is 2.27. The van der Waals surface area contributed by atoms with Crippen LogP contribution in [0.25, 0.3) is 0 Å². The van der Waals surface area contributed by atoms with E-state index in [0.717, 1.165) is 33.7 Å². The summed E-state index contributed by atoms with van der Waals surface area (Å²) in [6.45, 7) is 12.7. The van der Waals surface area contributed by atoms with Crippen molar-refractivity contribution in [2.24, 2.45) is 5.73 Å². The maximum absolute atomic E-state index is 10.8. The normalized spacial score (nSPS) is 13.8. The smallest absolute Gasteiger partial charge is 0.123 e. The molecule has 25 heavy (non-hydrogen) atoms. The zero-order valence-corrected chi connectivity index (χ0v) is 16.9. The lowest BCUT2D eigenvalue weighted by molar-refractivity contribution is 0.422. The molecule has 1 atom stereocenters. The van der Waals surface area contributed by atoms with E-state index in [4.69, 9.17) is 17.3 Å². The third-order valence-corrected chi connectivity index (χ3v) is 4.80. The Labute approximate surface area is 157 Å². The quantitative estimate of drug-likeness (QED) is 0.718. The Morgan fingerprint density at radius 3 is 1.76 bits per heavy atom. The second-order valence-corrected chi connectivity index (χ2v) is 9.34. The van der Waals surface area contributed by atoms with E-state index in [-0.39, 0.29) is 16.9 Å². The third kappa shape index (κ3) is 4.77. The molecular weight excluding hydrogens is 330 g/mol. The van der Waals surface area contributed by atoms with Gasteiger partial charge in [0, 0.05) is 11.1 Å². The minimum absolute atomic E-state index is 0.135. The van der Waals surface area contributed by atoms with Crippen LogP contribution in [0.5, 0.6) is 5.75 Å². The number of hydrogen-bond donors (Lipinski definition) is 2. The summed E-state index contributed by atoms with van der Waals surface area (Å²) in [4.78, 5) is 0. The van der Waals surface area contributed by atoms with Crippen LogP contribution in [-0.4, -0.2) is 5.11 Å². The summed E-state index contributed by atoms with van der Waals surface area (Å²) in [5.41, 5.74) is 10.3. The van der Waals surface area contributed by atoms with Crippen LogP contribution in [0.2, 0.25) is 5.02 Å². The van der Waals surface area contributed by atoms with Gasteiger partial charge in [-0.1, -0.05) is 65.3 Å². The number of rotatable bonds is 3. The molecule has 0 aliphatic carbocycles. The van der Waals surface area contributed by atoms with Gasteiger partial charge in [0.15, 0.2) is 0 Å². The summed E-state index contributed by atoms with van der Waals surface area (Å²) in [6.07, 6.45) is 0.731. The summed E-state index contributed by atoms with van der Waals surface area (Å²) >= 11 is 5.97. The first-order chi connectivity index (χ1) is 11.4. The van der Waals surface area contributed by atoms with Gasteiger partial charge >= 0.3 is 0 Å². The number of nitrogens with two attached hydrogens (primary N) is 1. The molecule has 2 nitrogen and oxygen atoms in total. The molecule has 2 aromatic rings. The van der Waals surface area contributed by atoms with Crippen LogP contribution in [0.3, 0.4) is 0 Å². The van der Waals surface area contributed by atoms with Gasteiger partial charge in [0.05, 0.1) is 0 Å². The van der Waals surface area contributed by atoms with E-state index in [0.29, 0.717) is 5.75 Å². The monoisotopic (exact) mass is 359 g/mol. The van der Waals surface area contributed by atoms with Gasteiger partial charge in [-0.05, 0) is 63.8 Å². The summed E-state index contributed by atoms with van der Waals surface area (Å²) in [5, 5.41) is 11.6. The first-order valence-electron chi connectivity index (χ1n) is 8.77. The van der Waals surface area contributed by atoms with Crippen LogP contribution in [0.1, 0.15) is 69.8 Å². The fourth-order valence-electron chi connectivity index (χ4n) is 3.01. The van der Waals surface area contributed by atoms with Crippen molar-refractivity contribution in [2.75, 3.05) is 0 Å². The van der Waals surface area contributed by atoms with Crippen LogP contribution in [-0.2, 0) is 17.3 Å². The fourth-order valence-corrected chi connectivity index (χ4v) is 3.13. The third-order valence-electron chi connectivity index (χ3n) is 4.55. The molecule has 0 aliphatic heterocycles. The number of halogens is 1. The Bertz CT molecular complexity index is 701. The van der Waals surface area contributed by atoms with E-state index in [1.165, 1.54) is 0 Å². The first-order valence-corrected chi connectivity index (χ1v) is 9.15. The van der Waals surface area contributed by atoms with Crippen molar-refractivity contribution in [3.8, 4) is 5.75 Å². The zero-order valence-electron chi connectivity index (χ0n) is 16.2. The minimum atomic E-state index is -0.153. The molecule has 0 aromatic heterocycles. The van der Waals surface area contributed by atoms with E-state index >= 15 is 0 Å². The van der Waals surface area contributed by atoms with Crippen molar-refractivity contribution < 1.29 is 5.11 Å². The van der Waals surface area contributed by atoms with Gasteiger partial charge in [-0.3, -0.25) is 0 Å². The lowest BCUT2D eigenvalue weighted by atomic mass is 9.77. The molecule has 3 heteroatoms. The standard InChI is InChI=1S/C22H30ClNO/c1-21(2,3)17-12-15(13-18(20(17)25)22(4,5)6)19(24)11-14-7-9-16(23)10-8-14/h7-10,12-13,19,25H,11,24H2,1-6H3. The fraction of sp³-hybridized carbons (Fsp3) is 0.455. The Balaban J connectivity index is 2.47. The molecule has 1 unspecified atom stereocenters. The lowest BCUT2D eigenvalue weighted by Gasteiger charge is -2.29. The van der Waals surface area contributed by atoms with Crippen LogP contribution in [0.4, 0.5) is 0 Å². The highest BCUT2D eigenvalue weighted by molar-refractivity contribution is 6.30. The molecule has 136 valence electrons. The second kappa shape index (κ2) is 7.01. The molecule has 0 saturated heterocycles. The molecule has 2 rings (SSSR count). The average molecular weight is 360 g/mol. The van der Waals surface area contributed by atoms with Gasteiger partial charge in [0.1, 0.15) is 5.75 Å². The maximum atomic E-state index is 10.8. The number of aromatic hydroxyl groups is 1. The Kier molecular flexibility index (Phi) is 5.56. The SMILES string of the molecule is CC(C)(C)c1cc(C(N)Cc2ccc(Cl)cc2)cc(C(C)(C)C)c1O. The Hall–Kier alpha value is -1.51. The van der Waals surface area contributed by atoms with Gasteiger partial charge in [-0.15, -0.1) is 0 Å². The maximum Gasteiger partial charge on any atom is 0.123 e. The minimum Gasteiger partial charge on any atom is -0.507 e. The van der Waals surface area contributed by atoms with Gasteiger partial charge in [0.25, 0.3) is 0 Å². The van der Waals surface area contributed by atoms with Gasteiger partial charge < -0.3 is 10.8 Å². The Morgan fingerprint density at radius 1 is 0.920 bits per heavy atom. The molecule has 0 radical (unpaired) electrons. The summed E-state index contributed by atoms with van der Waals surface area (Å²) in [5.74, 6) is 0.391. The van der Waals surface area contributed by atoms with E-state index in [1.54, 1.807) is 0 Å². The van der Waals surface area contributed by atoms with Gasteiger partial charge in [-0.25, -0.2) is 0 Å². The van der Waals surface area contributed by atoms with Crippen LogP contribution in [0.15, 0.2) is 36.4 Å². The summed E-state index contributed by atoms with van der Waals surface area (Å²) in [7, 11) is 0. The van der Waals surface area contributed by atoms with Crippen molar-refractivity contribution in [1.29, 1.82) is 0 Å². The van der Waals surface area contributed by atoms with Crippen molar-refractivity contribution in [2.45, 2.75) is 64.8 Å². The Morgan fingerprint density at radius 2 is 1.36 bits per heavy atom. The first kappa shape index (κ1) is 19.8. The molecule has 0 amide bonds. The zero-order chi connectivity index (χ0) is 19.0. The molecule has 0 fully saturated rings. The number of phenolic OH excluding ortho intramolecular Hbond substituents is 1. The molecule has 0 saturated carbocycles. The van der Waals surface area contributed by atoms with E-state index in [1.807, 2.05) is 24.3 Å². The molecular formula is C22H30ClNO. The van der Waals surface area contributed by atoms with Crippen molar-refractivity contribution in [3.63, 3.8) is 0 Å². The number of benzene rings is 2. The molecule has 2 aromatic carbocycles. The summed E-state index contributed by atoms with van der Waals surface area (Å²) in [6, 6.07) is 11.8. The highest BCUT2D eigenvalue weighted by atomic mass is 35.5. The van der Waals surface area contributed by atoms with Crippen molar-refractivity contribution in [3.05, 3.63) is 63.7 Å². The van der Waals surface area contributed by atoms with Gasteiger partial charge in [-0.2, -0.15) is 0 Å². The van der Waals surface area contributed by atoms with E-state index in [9.17, 15) is 5.11 Å². The topological polar surface area (TPSA) is 46.2 Å². The molecule has 0 heterocycles. The number of phenols is 1. The largest absolute Gasteiger partial charge is 0.507 e. The highest BCUT2D eigenvalue weighted by Crippen LogP contribution is 2.40. The molecule has 0 spiro atoms. The second-order valence-electron chi connectivity index (χ2n) is 8.90. The van der Waals surface area contributed by atoms with Gasteiger partial charge in [0.2, 0.25) is 0 Å². The predicted octanol–water partition coefficient (Wildman–Crippen LogP) is 5.88.